The van der Waals surface area contributed by atoms with Gasteiger partial charge < -0.3 is 14.4 Å². The Morgan fingerprint density at radius 1 is 1.08 bits per heavy atom. The maximum absolute atomic E-state index is 16.3. The van der Waals surface area contributed by atoms with Gasteiger partial charge in [-0.1, -0.05) is 43.5 Å². The van der Waals surface area contributed by atoms with Crippen LogP contribution in [-0.2, 0) is 26.6 Å². The second kappa shape index (κ2) is 14.2. The van der Waals surface area contributed by atoms with Gasteiger partial charge in [0.05, 0.1) is 30.2 Å². The average Bonchev–Trinajstić information content (AvgIpc) is 3.54. The third kappa shape index (κ3) is 7.12. The summed E-state index contributed by atoms with van der Waals surface area (Å²) in [5, 5.41) is -0.197. The number of ether oxygens (including phenoxy) is 2. The minimum absolute atomic E-state index is 0.0534. The molecule has 266 valence electrons. The molecule has 5 atom stereocenters. The first kappa shape index (κ1) is 34.8. The molecular formula is C38H49ClFN3O5S. The summed E-state index contributed by atoms with van der Waals surface area (Å²) in [4.78, 5) is 18.0. The SMILES string of the molecule is C[C@@H]1[C@@H](C)C/C=C(\F)[C@H](COCC2CCCC2)N2CC[C@H]2CN2C[C@@]3(CCCc4cc(Cl)ccc43)COc3ccc(cc32)C(=O)NS1(=O)=O. The molecule has 0 unspecified atom stereocenters. The zero-order valence-corrected chi connectivity index (χ0v) is 30.2. The van der Waals surface area contributed by atoms with Crippen LogP contribution in [0.3, 0.4) is 0 Å². The van der Waals surface area contributed by atoms with Crippen LogP contribution in [0, 0.1) is 11.8 Å². The van der Waals surface area contributed by atoms with Crippen LogP contribution in [0.1, 0.15) is 86.7 Å². The van der Waals surface area contributed by atoms with Gasteiger partial charge in [-0.15, -0.1) is 0 Å². The number of rotatable bonds is 4. The fourth-order valence-electron chi connectivity index (χ4n) is 8.65. The number of aryl methyl sites for hydroxylation is 1. The summed E-state index contributed by atoms with van der Waals surface area (Å²) >= 11 is 6.44. The highest BCUT2D eigenvalue weighted by Crippen LogP contribution is 2.45. The number of nitrogens with zero attached hydrogens (tertiary/aromatic N) is 2. The van der Waals surface area contributed by atoms with Crippen LogP contribution in [0.5, 0.6) is 5.75 Å². The number of nitrogens with one attached hydrogen (secondary N) is 1. The van der Waals surface area contributed by atoms with Crippen LogP contribution < -0.4 is 14.4 Å². The number of sulfonamides is 1. The third-order valence-corrected chi connectivity index (χ3v) is 14.1. The Balaban J connectivity index is 1.26. The summed E-state index contributed by atoms with van der Waals surface area (Å²) in [6, 6.07) is 10.8. The van der Waals surface area contributed by atoms with Crippen LogP contribution >= 0.6 is 11.6 Å². The summed E-state index contributed by atoms with van der Waals surface area (Å²) < 4.78 is 58.3. The minimum Gasteiger partial charge on any atom is -0.490 e. The molecular weight excluding hydrogens is 665 g/mol. The number of carbonyl (C=O) groups excluding carboxylic acids is 1. The lowest BCUT2D eigenvalue weighted by Crippen LogP contribution is -2.60. The number of halogens is 2. The Morgan fingerprint density at radius 2 is 1.90 bits per heavy atom. The van der Waals surface area contributed by atoms with Gasteiger partial charge in [0, 0.05) is 48.3 Å². The highest BCUT2D eigenvalue weighted by molar-refractivity contribution is 7.90. The monoisotopic (exact) mass is 713 g/mol. The average molecular weight is 714 g/mol. The molecule has 2 aliphatic carbocycles. The van der Waals surface area contributed by atoms with E-state index in [0.717, 1.165) is 50.8 Å². The molecule has 1 spiro atoms. The summed E-state index contributed by atoms with van der Waals surface area (Å²) in [5.41, 5.74) is 3.14. The normalized spacial score (nSPS) is 31.8. The van der Waals surface area contributed by atoms with E-state index in [-0.39, 0.29) is 35.9 Å². The number of hydrogen-bond acceptors (Lipinski definition) is 7. The van der Waals surface area contributed by atoms with Crippen molar-refractivity contribution in [2.45, 2.75) is 94.4 Å². The standard InChI is InChI=1S/C38H49ClFN3O5S/c1-25-9-13-33(40)35(22-47-21-27-6-3-4-7-27)43-17-15-31(43)20-42-23-38(16-5-8-28-18-30(39)11-12-32(28)38)24-48-36-14-10-29(19-34(36)42)37(44)41-49(45,46)26(25)2/h10-14,18-19,25-27,31,35H,3-9,15-17,20-24H2,1-2H3,(H,41,44)/b33-13-/t25-,26+,31-,35-,38-/m0/s1. The summed E-state index contributed by atoms with van der Waals surface area (Å²) in [5.74, 6) is -0.207. The van der Waals surface area contributed by atoms with Gasteiger partial charge in [0.15, 0.2) is 0 Å². The van der Waals surface area contributed by atoms with E-state index in [1.807, 2.05) is 6.07 Å². The molecule has 49 heavy (non-hydrogen) atoms. The number of allylic oxidation sites excluding steroid dienone is 1. The van der Waals surface area contributed by atoms with Crippen molar-refractivity contribution in [1.82, 2.24) is 9.62 Å². The van der Waals surface area contributed by atoms with Gasteiger partial charge in [0.2, 0.25) is 10.0 Å². The van der Waals surface area contributed by atoms with Crippen molar-refractivity contribution in [1.29, 1.82) is 0 Å². The molecule has 5 aliphatic rings. The van der Waals surface area contributed by atoms with E-state index < -0.39 is 33.1 Å². The van der Waals surface area contributed by atoms with E-state index in [1.54, 1.807) is 38.1 Å². The van der Waals surface area contributed by atoms with Gasteiger partial charge in [-0.2, -0.15) is 0 Å². The van der Waals surface area contributed by atoms with Gasteiger partial charge in [0.1, 0.15) is 11.6 Å². The fraction of sp³-hybridized carbons (Fsp3) is 0.605. The van der Waals surface area contributed by atoms with E-state index >= 15 is 4.39 Å². The van der Waals surface area contributed by atoms with Gasteiger partial charge in [-0.25, -0.2) is 17.5 Å². The van der Waals surface area contributed by atoms with Crippen LogP contribution in [0.25, 0.3) is 0 Å². The third-order valence-electron chi connectivity index (χ3n) is 12.0. The topological polar surface area (TPSA) is 88.2 Å². The van der Waals surface area contributed by atoms with E-state index in [9.17, 15) is 13.2 Å². The molecule has 2 bridgehead atoms. The first-order valence-electron chi connectivity index (χ1n) is 18.1. The second-order valence-corrected chi connectivity index (χ2v) is 17.6. The first-order valence-corrected chi connectivity index (χ1v) is 20.0. The molecule has 3 aliphatic heterocycles. The Bertz CT molecular complexity index is 1700. The van der Waals surface area contributed by atoms with Crippen LogP contribution in [0.4, 0.5) is 10.1 Å². The zero-order valence-electron chi connectivity index (χ0n) is 28.6. The van der Waals surface area contributed by atoms with E-state index in [0.29, 0.717) is 43.0 Å². The maximum Gasteiger partial charge on any atom is 0.264 e. The van der Waals surface area contributed by atoms with Crippen molar-refractivity contribution in [3.05, 3.63) is 70.0 Å². The lowest BCUT2D eigenvalue weighted by Gasteiger charge is -2.49. The molecule has 1 saturated heterocycles. The predicted molar refractivity (Wildman–Crippen MR) is 191 cm³/mol. The quantitative estimate of drug-likeness (QED) is 0.373. The van der Waals surface area contributed by atoms with Crippen LogP contribution in [0.2, 0.25) is 5.02 Å². The lowest BCUT2D eigenvalue weighted by atomic mass is 9.70. The molecule has 2 aromatic rings. The number of carbonyl (C=O) groups is 1. The van der Waals surface area contributed by atoms with Crippen molar-refractivity contribution in [3.8, 4) is 5.75 Å². The zero-order chi connectivity index (χ0) is 34.3. The lowest BCUT2D eigenvalue weighted by molar-refractivity contribution is -0.00816. The summed E-state index contributed by atoms with van der Waals surface area (Å²) in [7, 11) is -4.04. The Hall–Kier alpha value is -2.66. The molecule has 11 heteroatoms. The summed E-state index contributed by atoms with van der Waals surface area (Å²) in [6.07, 6.45) is 10.3. The second-order valence-electron chi connectivity index (χ2n) is 15.2. The first-order chi connectivity index (χ1) is 23.5. The van der Waals surface area contributed by atoms with Crippen molar-refractivity contribution in [3.63, 3.8) is 0 Å². The smallest absolute Gasteiger partial charge is 0.264 e. The number of fused-ring (bicyclic) bond motifs is 4. The van der Waals surface area contributed by atoms with Crippen molar-refractivity contribution >= 4 is 33.2 Å². The van der Waals surface area contributed by atoms with E-state index in [2.05, 4.69) is 26.7 Å². The summed E-state index contributed by atoms with van der Waals surface area (Å²) in [6.45, 7) is 6.70. The highest BCUT2D eigenvalue weighted by Gasteiger charge is 2.44. The number of benzene rings is 2. The Morgan fingerprint density at radius 3 is 2.67 bits per heavy atom. The molecule has 1 N–H and O–H groups in total. The molecule has 3 heterocycles. The Kier molecular flexibility index (Phi) is 10.0. The molecule has 1 amide bonds. The molecule has 0 aromatic heterocycles. The van der Waals surface area contributed by atoms with Crippen LogP contribution in [-0.4, -0.2) is 76.0 Å². The van der Waals surface area contributed by atoms with Crippen molar-refractivity contribution in [2.24, 2.45) is 11.8 Å². The predicted octanol–water partition coefficient (Wildman–Crippen LogP) is 6.80. The van der Waals surface area contributed by atoms with Crippen molar-refractivity contribution < 1.29 is 27.1 Å². The largest absolute Gasteiger partial charge is 0.490 e. The van der Waals surface area contributed by atoms with Gasteiger partial charge >= 0.3 is 0 Å². The van der Waals surface area contributed by atoms with Gasteiger partial charge in [0.25, 0.3) is 5.91 Å². The fourth-order valence-corrected chi connectivity index (χ4v) is 10.1. The number of hydrogen-bond donors (Lipinski definition) is 1. The maximum atomic E-state index is 16.3. The van der Waals surface area contributed by atoms with E-state index in [1.165, 1.54) is 24.0 Å². The van der Waals surface area contributed by atoms with Gasteiger partial charge in [-0.3, -0.25) is 9.69 Å². The molecule has 8 nitrogen and oxygen atoms in total. The molecule has 1 saturated carbocycles. The number of amides is 1. The molecule has 0 radical (unpaired) electrons. The Labute approximate surface area is 295 Å². The van der Waals surface area contributed by atoms with Crippen molar-refractivity contribution in [2.75, 3.05) is 44.4 Å². The highest BCUT2D eigenvalue weighted by atomic mass is 35.5. The molecule has 2 fully saturated rings. The molecule has 7 rings (SSSR count). The number of anilines is 1. The molecule has 2 aromatic carbocycles. The van der Waals surface area contributed by atoms with E-state index in [4.69, 9.17) is 21.1 Å². The minimum atomic E-state index is -4.04. The van der Waals surface area contributed by atoms with Crippen LogP contribution in [0.15, 0.2) is 48.3 Å². The van der Waals surface area contributed by atoms with Gasteiger partial charge in [-0.05, 0) is 105 Å².